The Hall–Kier alpha value is -3.78. The van der Waals surface area contributed by atoms with Crippen molar-refractivity contribution in [3.05, 3.63) is 72.2 Å². The number of aryl methyl sites for hydroxylation is 1. The normalized spacial score (nSPS) is 16.0. The van der Waals surface area contributed by atoms with Crippen molar-refractivity contribution in [3.8, 4) is 11.4 Å². The Bertz CT molecular complexity index is 1310. The maximum atomic E-state index is 13.0. The van der Waals surface area contributed by atoms with Gasteiger partial charge in [-0.2, -0.15) is 0 Å². The van der Waals surface area contributed by atoms with E-state index < -0.39 is 0 Å². The van der Waals surface area contributed by atoms with Gasteiger partial charge in [0.05, 0.1) is 17.6 Å². The molecule has 1 saturated heterocycles. The van der Waals surface area contributed by atoms with Crippen molar-refractivity contribution >= 4 is 23.2 Å². The lowest BCUT2D eigenvalue weighted by Gasteiger charge is -2.21. The lowest BCUT2D eigenvalue weighted by molar-refractivity contribution is 0.0782. The van der Waals surface area contributed by atoms with E-state index in [-0.39, 0.29) is 5.91 Å². The first-order chi connectivity index (χ1) is 16.0. The summed E-state index contributed by atoms with van der Waals surface area (Å²) in [5.74, 6) is 0.583. The summed E-state index contributed by atoms with van der Waals surface area (Å²) in [6.07, 6.45) is 6.52. The van der Waals surface area contributed by atoms with E-state index in [1.165, 1.54) is 0 Å². The van der Waals surface area contributed by atoms with E-state index in [2.05, 4.69) is 39.3 Å². The summed E-state index contributed by atoms with van der Waals surface area (Å²) in [6, 6.07) is 13.9. The van der Waals surface area contributed by atoms with Gasteiger partial charge in [0.15, 0.2) is 0 Å². The Kier molecular flexibility index (Phi) is 5.51. The molecule has 0 spiro atoms. The van der Waals surface area contributed by atoms with Gasteiger partial charge in [0.25, 0.3) is 5.91 Å². The zero-order valence-corrected chi connectivity index (χ0v) is 19.1. The smallest absolute Gasteiger partial charge is 0.254 e. The molecule has 1 atom stereocenters. The zero-order chi connectivity index (χ0) is 22.9. The van der Waals surface area contributed by atoms with Crippen molar-refractivity contribution in [2.24, 2.45) is 0 Å². The summed E-state index contributed by atoms with van der Waals surface area (Å²) in [5, 5.41) is 3.27. The minimum Gasteiger partial charge on any atom is -0.337 e. The molecule has 1 unspecified atom stereocenters. The fraction of sp³-hybridized carbons (Fsp3) is 0.280. The third-order valence-electron chi connectivity index (χ3n) is 6.23. The van der Waals surface area contributed by atoms with E-state index in [9.17, 15) is 4.79 Å². The van der Waals surface area contributed by atoms with Gasteiger partial charge in [-0.15, -0.1) is 0 Å². The molecular formula is C25H27N7O. The molecule has 8 nitrogen and oxygen atoms in total. The highest BCUT2D eigenvalue weighted by atomic mass is 16.2. The SMILES string of the molecule is Cc1cc(Nc2nccc(-c3cnc4ccccn34)n2)ccc1C(=O)N1CCC(N(C)C)C1. The second-order valence-corrected chi connectivity index (χ2v) is 8.65. The quantitative estimate of drug-likeness (QED) is 0.510. The summed E-state index contributed by atoms with van der Waals surface area (Å²) in [4.78, 5) is 30.7. The largest absolute Gasteiger partial charge is 0.337 e. The Morgan fingerprint density at radius 2 is 2.03 bits per heavy atom. The van der Waals surface area contributed by atoms with Crippen molar-refractivity contribution in [1.82, 2.24) is 29.2 Å². The van der Waals surface area contributed by atoms with Gasteiger partial charge >= 0.3 is 0 Å². The zero-order valence-electron chi connectivity index (χ0n) is 19.1. The minimum atomic E-state index is 0.0919. The van der Waals surface area contributed by atoms with Gasteiger partial charge in [-0.3, -0.25) is 9.20 Å². The third kappa shape index (κ3) is 4.17. The molecule has 5 rings (SSSR count). The minimum absolute atomic E-state index is 0.0919. The molecule has 168 valence electrons. The van der Waals surface area contributed by atoms with Gasteiger partial charge in [-0.05, 0) is 69.4 Å². The molecule has 1 aliphatic rings. The fourth-order valence-electron chi connectivity index (χ4n) is 4.31. The molecule has 4 aromatic rings. The number of nitrogens with one attached hydrogen (secondary N) is 1. The van der Waals surface area contributed by atoms with Gasteiger partial charge in [-0.1, -0.05) is 6.07 Å². The molecule has 0 bridgehead atoms. The first-order valence-electron chi connectivity index (χ1n) is 11.1. The number of carbonyl (C=O) groups excluding carboxylic acids is 1. The molecule has 3 aromatic heterocycles. The van der Waals surface area contributed by atoms with Gasteiger partial charge in [0, 0.05) is 42.8 Å². The second-order valence-electron chi connectivity index (χ2n) is 8.65. The number of hydrogen-bond donors (Lipinski definition) is 1. The van der Waals surface area contributed by atoms with Crippen molar-refractivity contribution < 1.29 is 4.79 Å². The topological polar surface area (TPSA) is 78.7 Å². The number of hydrogen-bond acceptors (Lipinski definition) is 6. The number of pyridine rings is 1. The van der Waals surface area contributed by atoms with Crippen LogP contribution in [-0.4, -0.2) is 68.3 Å². The number of likely N-dealkylation sites (tertiary alicyclic amines) is 1. The van der Waals surface area contributed by atoms with Crippen LogP contribution in [0.3, 0.4) is 0 Å². The van der Waals surface area contributed by atoms with Crippen LogP contribution in [0.1, 0.15) is 22.3 Å². The summed E-state index contributed by atoms with van der Waals surface area (Å²) < 4.78 is 2.00. The molecule has 0 radical (unpaired) electrons. The van der Waals surface area contributed by atoms with Crippen molar-refractivity contribution in [2.75, 3.05) is 32.5 Å². The fourth-order valence-corrected chi connectivity index (χ4v) is 4.31. The maximum absolute atomic E-state index is 13.0. The first kappa shape index (κ1) is 21.1. The van der Waals surface area contributed by atoms with E-state index in [0.717, 1.165) is 53.4 Å². The molecule has 0 aliphatic carbocycles. The predicted octanol–water partition coefficient (Wildman–Crippen LogP) is 3.62. The first-order valence-corrected chi connectivity index (χ1v) is 11.1. The van der Waals surface area contributed by atoms with Crippen LogP contribution >= 0.6 is 0 Å². The van der Waals surface area contributed by atoms with Crippen molar-refractivity contribution in [1.29, 1.82) is 0 Å². The number of likely N-dealkylation sites (N-methyl/N-ethyl adjacent to an activating group) is 1. The van der Waals surface area contributed by atoms with E-state index >= 15 is 0 Å². The highest BCUT2D eigenvalue weighted by molar-refractivity contribution is 5.96. The Labute approximate surface area is 192 Å². The number of benzene rings is 1. The van der Waals surface area contributed by atoms with Crippen LogP contribution < -0.4 is 5.32 Å². The molecule has 1 N–H and O–H groups in total. The van der Waals surface area contributed by atoms with E-state index in [4.69, 9.17) is 0 Å². The molecule has 1 fully saturated rings. The maximum Gasteiger partial charge on any atom is 0.254 e. The second kappa shape index (κ2) is 8.63. The summed E-state index contributed by atoms with van der Waals surface area (Å²) in [5.41, 5.74) is 5.05. The molecule has 33 heavy (non-hydrogen) atoms. The highest BCUT2D eigenvalue weighted by Gasteiger charge is 2.28. The Morgan fingerprint density at radius 3 is 2.82 bits per heavy atom. The molecule has 1 aromatic carbocycles. The van der Waals surface area contributed by atoms with Crippen LogP contribution in [0.4, 0.5) is 11.6 Å². The molecule has 1 aliphatic heterocycles. The van der Waals surface area contributed by atoms with Crippen LogP contribution in [0.25, 0.3) is 17.0 Å². The number of imidazole rings is 1. The molecule has 0 saturated carbocycles. The van der Waals surface area contributed by atoms with E-state index in [0.29, 0.717) is 12.0 Å². The highest BCUT2D eigenvalue weighted by Crippen LogP contribution is 2.24. The van der Waals surface area contributed by atoms with Gasteiger partial charge in [0.2, 0.25) is 5.95 Å². The van der Waals surface area contributed by atoms with Gasteiger partial charge < -0.3 is 15.1 Å². The average Bonchev–Trinajstić information content (AvgIpc) is 3.47. The molecule has 4 heterocycles. The van der Waals surface area contributed by atoms with Gasteiger partial charge in [-0.25, -0.2) is 15.0 Å². The standard InChI is InChI=1S/C25H27N7O/c1-17-14-18(7-8-20(17)24(33)31-13-10-19(16-31)30(2)3)28-25-26-11-9-21(29-25)22-15-27-23-6-4-5-12-32(22)23/h4-9,11-12,14-15,19H,10,13,16H2,1-3H3,(H,26,28,29). The number of aromatic nitrogens is 4. The number of anilines is 2. The van der Waals surface area contributed by atoms with Crippen molar-refractivity contribution in [2.45, 2.75) is 19.4 Å². The number of amides is 1. The summed E-state index contributed by atoms with van der Waals surface area (Å²) in [6.45, 7) is 3.54. The summed E-state index contributed by atoms with van der Waals surface area (Å²) in [7, 11) is 4.13. The van der Waals surface area contributed by atoms with E-state index in [1.54, 1.807) is 6.20 Å². The number of rotatable bonds is 5. The average molecular weight is 442 g/mol. The Balaban J connectivity index is 1.34. The number of carbonyl (C=O) groups is 1. The Morgan fingerprint density at radius 1 is 1.15 bits per heavy atom. The van der Waals surface area contributed by atoms with Crippen LogP contribution in [0.2, 0.25) is 0 Å². The van der Waals surface area contributed by atoms with Crippen molar-refractivity contribution in [3.63, 3.8) is 0 Å². The third-order valence-corrected chi connectivity index (χ3v) is 6.23. The molecular weight excluding hydrogens is 414 g/mol. The number of fused-ring (bicyclic) bond motifs is 1. The van der Waals surface area contributed by atoms with Gasteiger partial charge in [0.1, 0.15) is 5.65 Å². The van der Waals surface area contributed by atoms with Crippen LogP contribution in [0.15, 0.2) is 61.1 Å². The number of nitrogens with zero attached hydrogens (tertiary/aromatic N) is 6. The molecule has 8 heteroatoms. The van der Waals surface area contributed by atoms with Crippen LogP contribution in [-0.2, 0) is 0 Å². The molecule has 1 amide bonds. The summed E-state index contributed by atoms with van der Waals surface area (Å²) >= 11 is 0. The van der Waals surface area contributed by atoms with E-state index in [1.807, 2.05) is 71.1 Å². The van der Waals surface area contributed by atoms with Crippen LogP contribution in [0.5, 0.6) is 0 Å². The lowest BCUT2D eigenvalue weighted by Crippen LogP contribution is -2.34. The van der Waals surface area contributed by atoms with Crippen LogP contribution in [0, 0.1) is 6.92 Å². The monoisotopic (exact) mass is 441 g/mol. The lowest BCUT2D eigenvalue weighted by atomic mass is 10.1. The predicted molar refractivity (Wildman–Crippen MR) is 129 cm³/mol.